The van der Waals surface area contributed by atoms with Crippen LogP contribution in [0.15, 0.2) is 65.0 Å². The molecule has 0 aliphatic heterocycles. The molecule has 0 unspecified atom stereocenters. The monoisotopic (exact) mass is 298 g/mol. The topological polar surface area (TPSA) is 25.8 Å². The first-order chi connectivity index (χ1) is 9.92. The van der Waals surface area contributed by atoms with Crippen LogP contribution >= 0.6 is 23.1 Å². The van der Waals surface area contributed by atoms with Crippen LogP contribution in [0, 0.1) is 0 Å². The van der Waals surface area contributed by atoms with Crippen molar-refractivity contribution in [2.24, 2.45) is 0 Å². The average molecular weight is 298 g/mol. The predicted octanol–water partition coefficient (Wildman–Crippen LogP) is 4.54. The third-order valence-corrected chi connectivity index (χ3v) is 4.99. The van der Waals surface area contributed by atoms with Crippen molar-refractivity contribution in [1.29, 1.82) is 0 Å². The Morgan fingerprint density at radius 1 is 0.850 bits per heavy atom. The number of rotatable bonds is 5. The van der Waals surface area contributed by atoms with E-state index in [0.29, 0.717) is 0 Å². The Bertz CT molecular complexity index is 651. The van der Waals surface area contributed by atoms with E-state index in [1.165, 1.54) is 5.56 Å². The Morgan fingerprint density at radius 3 is 2.30 bits per heavy atom. The highest BCUT2D eigenvalue weighted by Crippen LogP contribution is 2.29. The Morgan fingerprint density at radius 2 is 1.55 bits per heavy atom. The standard InChI is InChI=1S/C16H14N2S2/c1-3-7-13(8-4-1)11-12-19-16-18-17-15(20-16)14-9-5-2-6-10-14/h1-10H,11-12H2. The molecule has 3 rings (SSSR count). The molecule has 100 valence electrons. The first-order valence-corrected chi connectivity index (χ1v) is 8.28. The van der Waals surface area contributed by atoms with Crippen molar-refractivity contribution in [3.8, 4) is 10.6 Å². The molecule has 3 aromatic rings. The van der Waals surface area contributed by atoms with E-state index in [0.717, 1.165) is 27.1 Å². The first kappa shape index (κ1) is 13.3. The minimum Gasteiger partial charge on any atom is -0.137 e. The van der Waals surface area contributed by atoms with Crippen LogP contribution < -0.4 is 0 Å². The second kappa shape index (κ2) is 6.68. The number of nitrogens with zero attached hydrogens (tertiary/aromatic N) is 2. The molecule has 2 aromatic carbocycles. The second-order valence-corrected chi connectivity index (χ2v) is 6.64. The summed E-state index contributed by atoms with van der Waals surface area (Å²) in [5, 5.41) is 9.51. The van der Waals surface area contributed by atoms with Crippen LogP contribution in [0.25, 0.3) is 10.6 Å². The van der Waals surface area contributed by atoms with Gasteiger partial charge in [-0.1, -0.05) is 83.8 Å². The van der Waals surface area contributed by atoms with Crippen molar-refractivity contribution in [1.82, 2.24) is 10.2 Å². The van der Waals surface area contributed by atoms with Crippen molar-refractivity contribution < 1.29 is 0 Å². The molecule has 0 saturated heterocycles. The third-order valence-electron chi connectivity index (χ3n) is 2.89. The fraction of sp³-hybridized carbons (Fsp3) is 0.125. The molecule has 1 aromatic heterocycles. The van der Waals surface area contributed by atoms with Crippen LogP contribution in [0.2, 0.25) is 0 Å². The van der Waals surface area contributed by atoms with E-state index < -0.39 is 0 Å². The quantitative estimate of drug-likeness (QED) is 0.647. The van der Waals surface area contributed by atoms with Gasteiger partial charge in [0.2, 0.25) is 0 Å². The Kier molecular flexibility index (Phi) is 4.46. The minimum absolute atomic E-state index is 0.993. The van der Waals surface area contributed by atoms with Crippen LogP contribution in [0.1, 0.15) is 5.56 Å². The molecule has 0 radical (unpaired) electrons. The fourth-order valence-corrected chi connectivity index (χ4v) is 3.78. The molecule has 0 aliphatic carbocycles. The first-order valence-electron chi connectivity index (χ1n) is 6.47. The molecule has 0 atom stereocenters. The average Bonchev–Trinajstić information content (AvgIpc) is 2.98. The largest absolute Gasteiger partial charge is 0.174 e. The number of hydrogen-bond donors (Lipinski definition) is 0. The summed E-state index contributed by atoms with van der Waals surface area (Å²) in [6.07, 6.45) is 1.06. The lowest BCUT2D eigenvalue weighted by molar-refractivity contribution is 1.01. The van der Waals surface area contributed by atoms with Gasteiger partial charge in [0.05, 0.1) is 0 Å². The molecule has 0 amide bonds. The zero-order valence-corrected chi connectivity index (χ0v) is 12.5. The summed E-state index contributed by atoms with van der Waals surface area (Å²) in [5.74, 6) is 1.04. The van der Waals surface area contributed by atoms with Crippen LogP contribution in [0.4, 0.5) is 0 Å². The smallest absolute Gasteiger partial charge is 0.137 e. The summed E-state index contributed by atoms with van der Waals surface area (Å²) in [4.78, 5) is 0. The van der Waals surface area contributed by atoms with Gasteiger partial charge >= 0.3 is 0 Å². The van der Waals surface area contributed by atoms with Crippen molar-refractivity contribution in [3.05, 3.63) is 66.2 Å². The normalized spacial score (nSPS) is 10.6. The molecule has 20 heavy (non-hydrogen) atoms. The molecule has 0 aliphatic rings. The van der Waals surface area contributed by atoms with Crippen molar-refractivity contribution in [2.75, 3.05) is 5.75 Å². The van der Waals surface area contributed by atoms with E-state index in [9.17, 15) is 0 Å². The maximum absolute atomic E-state index is 4.26. The lowest BCUT2D eigenvalue weighted by Gasteiger charge is -1.98. The van der Waals surface area contributed by atoms with Crippen LogP contribution in [-0.4, -0.2) is 16.0 Å². The highest BCUT2D eigenvalue weighted by Gasteiger charge is 2.06. The van der Waals surface area contributed by atoms with Gasteiger partial charge in [0.15, 0.2) is 4.34 Å². The summed E-state index contributed by atoms with van der Waals surface area (Å²) < 4.78 is 1.04. The van der Waals surface area contributed by atoms with Gasteiger partial charge in [-0.2, -0.15) is 0 Å². The second-order valence-electron chi connectivity index (χ2n) is 4.32. The predicted molar refractivity (Wildman–Crippen MR) is 86.2 cm³/mol. The fourth-order valence-electron chi connectivity index (χ4n) is 1.87. The van der Waals surface area contributed by atoms with Crippen molar-refractivity contribution in [2.45, 2.75) is 10.8 Å². The van der Waals surface area contributed by atoms with Gasteiger partial charge in [-0.15, -0.1) is 10.2 Å². The minimum atomic E-state index is 0.993. The van der Waals surface area contributed by atoms with E-state index >= 15 is 0 Å². The molecule has 0 bridgehead atoms. The van der Waals surface area contributed by atoms with Gasteiger partial charge in [0.25, 0.3) is 0 Å². The molecule has 0 saturated carbocycles. The number of hydrogen-bond acceptors (Lipinski definition) is 4. The van der Waals surface area contributed by atoms with Gasteiger partial charge in [0.1, 0.15) is 5.01 Å². The van der Waals surface area contributed by atoms with E-state index in [1.807, 2.05) is 24.3 Å². The molecule has 0 spiro atoms. The Balaban J connectivity index is 1.58. The number of thioether (sulfide) groups is 1. The third kappa shape index (κ3) is 3.46. The maximum atomic E-state index is 4.26. The SMILES string of the molecule is c1ccc(CCSc2nnc(-c3ccccc3)s2)cc1. The zero-order chi connectivity index (χ0) is 13.6. The van der Waals surface area contributed by atoms with Crippen molar-refractivity contribution >= 4 is 23.1 Å². The Labute approximate surface area is 126 Å². The molecule has 0 fully saturated rings. The highest BCUT2D eigenvalue weighted by molar-refractivity contribution is 8.01. The molecular formula is C16H14N2S2. The lowest BCUT2D eigenvalue weighted by Crippen LogP contribution is -1.87. The number of benzene rings is 2. The van der Waals surface area contributed by atoms with Crippen LogP contribution in [0.5, 0.6) is 0 Å². The molecule has 0 N–H and O–H groups in total. The van der Waals surface area contributed by atoms with Gasteiger partial charge < -0.3 is 0 Å². The van der Waals surface area contributed by atoms with E-state index in [2.05, 4.69) is 46.6 Å². The van der Waals surface area contributed by atoms with Gasteiger partial charge in [-0.3, -0.25) is 0 Å². The van der Waals surface area contributed by atoms with E-state index in [1.54, 1.807) is 23.1 Å². The van der Waals surface area contributed by atoms with Gasteiger partial charge in [0, 0.05) is 11.3 Å². The highest BCUT2D eigenvalue weighted by atomic mass is 32.2. The van der Waals surface area contributed by atoms with E-state index in [4.69, 9.17) is 0 Å². The van der Waals surface area contributed by atoms with Crippen LogP contribution in [0.3, 0.4) is 0 Å². The lowest BCUT2D eigenvalue weighted by atomic mass is 10.2. The summed E-state index contributed by atoms with van der Waals surface area (Å²) in [7, 11) is 0. The maximum Gasteiger partial charge on any atom is 0.174 e. The summed E-state index contributed by atoms with van der Waals surface area (Å²) in [6, 6.07) is 20.7. The summed E-state index contributed by atoms with van der Waals surface area (Å²) in [6.45, 7) is 0. The zero-order valence-electron chi connectivity index (χ0n) is 10.9. The molecule has 1 heterocycles. The number of aryl methyl sites for hydroxylation is 1. The van der Waals surface area contributed by atoms with Gasteiger partial charge in [-0.25, -0.2) is 0 Å². The van der Waals surface area contributed by atoms with Gasteiger partial charge in [-0.05, 0) is 12.0 Å². The summed E-state index contributed by atoms with van der Waals surface area (Å²) >= 11 is 3.44. The Hall–Kier alpha value is -1.65. The summed E-state index contributed by atoms with van der Waals surface area (Å²) in [5.41, 5.74) is 2.51. The molecular weight excluding hydrogens is 284 g/mol. The van der Waals surface area contributed by atoms with Crippen LogP contribution in [-0.2, 0) is 6.42 Å². The number of aromatic nitrogens is 2. The van der Waals surface area contributed by atoms with Crippen molar-refractivity contribution in [3.63, 3.8) is 0 Å². The molecule has 2 nitrogen and oxygen atoms in total. The van der Waals surface area contributed by atoms with E-state index in [-0.39, 0.29) is 0 Å². The molecule has 4 heteroatoms.